The van der Waals surface area contributed by atoms with Gasteiger partial charge in [0.2, 0.25) is 5.91 Å². The van der Waals surface area contributed by atoms with E-state index in [9.17, 15) is 14.4 Å². The predicted molar refractivity (Wildman–Crippen MR) is 99.6 cm³/mol. The molecule has 1 atom stereocenters. The van der Waals surface area contributed by atoms with Crippen molar-refractivity contribution in [1.29, 1.82) is 0 Å². The number of nitrogens with zero attached hydrogens (tertiary/aromatic N) is 1. The molecule has 2 amide bonds. The van der Waals surface area contributed by atoms with Gasteiger partial charge >= 0.3 is 5.97 Å². The van der Waals surface area contributed by atoms with Crippen LogP contribution in [0.5, 0.6) is 0 Å². The summed E-state index contributed by atoms with van der Waals surface area (Å²) >= 11 is 0. The Labute approximate surface area is 153 Å². The number of rotatable bonds is 7. The molecule has 0 bridgehead atoms. The van der Waals surface area contributed by atoms with E-state index in [0.29, 0.717) is 17.1 Å². The number of benzene rings is 1. The van der Waals surface area contributed by atoms with Crippen LogP contribution in [-0.4, -0.2) is 37.0 Å². The largest absolute Gasteiger partial charge is 0.466 e. The van der Waals surface area contributed by atoms with Crippen LogP contribution in [0.3, 0.4) is 0 Å². The van der Waals surface area contributed by atoms with Crippen LogP contribution >= 0.6 is 0 Å². The van der Waals surface area contributed by atoms with Gasteiger partial charge in [-0.05, 0) is 32.4 Å². The molecule has 7 nitrogen and oxygen atoms in total. The van der Waals surface area contributed by atoms with E-state index < -0.39 is 5.97 Å². The Bertz CT molecular complexity index is 714. The SMILES string of the molecule is CCOC(=O)CC1=CC(=O)N(CC(=O)N[C@H](C)CC)c2ccccc2N1. The maximum absolute atomic E-state index is 12.7. The minimum Gasteiger partial charge on any atom is -0.466 e. The van der Waals surface area contributed by atoms with Crippen LogP contribution in [-0.2, 0) is 19.1 Å². The third kappa shape index (κ3) is 5.08. The van der Waals surface area contributed by atoms with Crippen LogP contribution in [0.2, 0.25) is 0 Å². The highest BCUT2D eigenvalue weighted by atomic mass is 16.5. The summed E-state index contributed by atoms with van der Waals surface area (Å²) in [5.41, 5.74) is 1.68. The van der Waals surface area contributed by atoms with E-state index in [1.165, 1.54) is 11.0 Å². The van der Waals surface area contributed by atoms with Crippen molar-refractivity contribution >= 4 is 29.2 Å². The van der Waals surface area contributed by atoms with Crippen LogP contribution in [0.4, 0.5) is 11.4 Å². The number of nitrogens with one attached hydrogen (secondary N) is 2. The molecule has 0 aromatic heterocycles. The Balaban J connectivity index is 2.25. The number of anilines is 2. The van der Waals surface area contributed by atoms with Gasteiger partial charge in [-0.3, -0.25) is 19.3 Å². The second-order valence-electron chi connectivity index (χ2n) is 6.09. The Kier molecular flexibility index (Phi) is 6.77. The van der Waals surface area contributed by atoms with Crippen molar-refractivity contribution in [2.24, 2.45) is 0 Å². The van der Waals surface area contributed by atoms with Crippen molar-refractivity contribution in [2.75, 3.05) is 23.4 Å². The van der Waals surface area contributed by atoms with Crippen LogP contribution < -0.4 is 15.5 Å². The Morgan fingerprint density at radius 2 is 2.00 bits per heavy atom. The average molecular weight is 359 g/mol. The predicted octanol–water partition coefficient (Wildman–Crippen LogP) is 2.20. The van der Waals surface area contributed by atoms with E-state index in [4.69, 9.17) is 4.74 Å². The van der Waals surface area contributed by atoms with Crippen molar-refractivity contribution in [2.45, 2.75) is 39.7 Å². The van der Waals surface area contributed by atoms with Gasteiger partial charge in [0, 0.05) is 17.8 Å². The maximum atomic E-state index is 12.7. The molecule has 2 N–H and O–H groups in total. The molecule has 1 aliphatic rings. The monoisotopic (exact) mass is 359 g/mol. The van der Waals surface area contributed by atoms with Gasteiger partial charge in [-0.1, -0.05) is 19.1 Å². The molecule has 2 rings (SSSR count). The molecule has 1 aromatic rings. The average Bonchev–Trinajstić information content (AvgIpc) is 2.71. The van der Waals surface area contributed by atoms with Gasteiger partial charge < -0.3 is 15.4 Å². The number of amides is 2. The van der Waals surface area contributed by atoms with Crippen molar-refractivity contribution in [3.8, 4) is 0 Å². The first-order valence-corrected chi connectivity index (χ1v) is 8.77. The molecule has 0 saturated heterocycles. The second kappa shape index (κ2) is 9.03. The van der Waals surface area contributed by atoms with Crippen LogP contribution in [0, 0.1) is 0 Å². The number of carbonyl (C=O) groups is 3. The van der Waals surface area contributed by atoms with Crippen molar-refractivity contribution in [3.63, 3.8) is 0 Å². The lowest BCUT2D eigenvalue weighted by molar-refractivity contribution is -0.142. The number of hydrogen-bond acceptors (Lipinski definition) is 5. The summed E-state index contributed by atoms with van der Waals surface area (Å²) in [5, 5.41) is 5.96. The number of fused-ring (bicyclic) bond motifs is 1. The Morgan fingerprint density at radius 1 is 1.27 bits per heavy atom. The second-order valence-corrected chi connectivity index (χ2v) is 6.09. The minimum absolute atomic E-state index is 0.0351. The summed E-state index contributed by atoms with van der Waals surface area (Å²) in [7, 11) is 0. The molecule has 1 aliphatic heterocycles. The molecule has 26 heavy (non-hydrogen) atoms. The van der Waals surface area contributed by atoms with Crippen molar-refractivity contribution < 1.29 is 19.1 Å². The lowest BCUT2D eigenvalue weighted by Gasteiger charge is -2.22. The summed E-state index contributed by atoms with van der Waals surface area (Å²) in [6.07, 6.45) is 2.11. The highest BCUT2D eigenvalue weighted by Crippen LogP contribution is 2.30. The molecule has 140 valence electrons. The highest BCUT2D eigenvalue weighted by Gasteiger charge is 2.25. The molecular formula is C19H25N3O4. The van der Waals surface area contributed by atoms with E-state index in [0.717, 1.165) is 6.42 Å². The van der Waals surface area contributed by atoms with Crippen LogP contribution in [0.1, 0.15) is 33.6 Å². The van der Waals surface area contributed by atoms with Crippen molar-refractivity contribution in [1.82, 2.24) is 5.32 Å². The van der Waals surface area contributed by atoms with E-state index in [2.05, 4.69) is 10.6 Å². The molecule has 0 saturated carbocycles. The fourth-order valence-electron chi connectivity index (χ4n) is 2.56. The number of carbonyl (C=O) groups excluding carboxylic acids is 3. The summed E-state index contributed by atoms with van der Waals surface area (Å²) in [4.78, 5) is 38.1. The zero-order valence-corrected chi connectivity index (χ0v) is 15.4. The van der Waals surface area contributed by atoms with E-state index in [1.807, 2.05) is 19.9 Å². The minimum atomic E-state index is -0.417. The molecule has 0 unspecified atom stereocenters. The third-order valence-electron chi connectivity index (χ3n) is 4.02. The molecule has 0 fully saturated rings. The van der Waals surface area contributed by atoms with Crippen molar-refractivity contribution in [3.05, 3.63) is 36.0 Å². The smallest absolute Gasteiger partial charge is 0.311 e. The fourth-order valence-corrected chi connectivity index (χ4v) is 2.56. The lowest BCUT2D eigenvalue weighted by atomic mass is 10.2. The molecule has 0 radical (unpaired) electrons. The van der Waals surface area contributed by atoms with Gasteiger partial charge in [-0.25, -0.2) is 0 Å². The number of para-hydroxylation sites is 2. The van der Waals surface area contributed by atoms with Gasteiger partial charge in [0.25, 0.3) is 5.91 Å². The van der Waals surface area contributed by atoms with Crippen LogP contribution in [0.15, 0.2) is 36.0 Å². The van der Waals surface area contributed by atoms with Gasteiger partial charge in [0.1, 0.15) is 6.54 Å². The number of hydrogen-bond donors (Lipinski definition) is 2. The Hall–Kier alpha value is -2.83. The Morgan fingerprint density at radius 3 is 2.69 bits per heavy atom. The van der Waals surface area contributed by atoms with E-state index >= 15 is 0 Å². The molecule has 0 spiro atoms. The van der Waals surface area contributed by atoms with Crippen LogP contribution in [0.25, 0.3) is 0 Å². The molecule has 1 heterocycles. The highest BCUT2D eigenvalue weighted by molar-refractivity contribution is 6.09. The van der Waals surface area contributed by atoms with E-state index in [1.54, 1.807) is 25.1 Å². The third-order valence-corrected chi connectivity index (χ3v) is 4.02. The quantitative estimate of drug-likeness (QED) is 0.729. The summed E-state index contributed by atoms with van der Waals surface area (Å²) < 4.78 is 4.95. The fraction of sp³-hybridized carbons (Fsp3) is 0.421. The van der Waals surface area contributed by atoms with Gasteiger partial charge in [-0.2, -0.15) is 0 Å². The summed E-state index contributed by atoms with van der Waals surface area (Å²) in [5.74, 6) is -1.01. The van der Waals surface area contributed by atoms with Gasteiger partial charge in [0.15, 0.2) is 0 Å². The maximum Gasteiger partial charge on any atom is 0.311 e. The zero-order valence-electron chi connectivity index (χ0n) is 15.4. The van der Waals surface area contributed by atoms with Gasteiger partial charge in [-0.15, -0.1) is 0 Å². The first-order valence-electron chi connectivity index (χ1n) is 8.77. The molecule has 1 aromatic carbocycles. The topological polar surface area (TPSA) is 87.7 Å². The van der Waals surface area contributed by atoms with E-state index in [-0.39, 0.29) is 37.4 Å². The summed E-state index contributed by atoms with van der Waals surface area (Å²) in [6.45, 7) is 5.80. The zero-order chi connectivity index (χ0) is 19.1. The standard InChI is InChI=1S/C19H25N3O4/c1-4-13(3)20-17(23)12-22-16-9-7-6-8-15(16)21-14(10-18(22)24)11-19(25)26-5-2/h6-10,13,21H,4-5,11-12H2,1-3H3,(H,20,23)/t13-/m1/s1. The first-order chi connectivity index (χ1) is 12.4. The lowest BCUT2D eigenvalue weighted by Crippen LogP contribution is -2.43. The first kappa shape index (κ1) is 19.5. The molecule has 7 heteroatoms. The molecule has 0 aliphatic carbocycles. The number of esters is 1. The molecular weight excluding hydrogens is 334 g/mol. The summed E-state index contributed by atoms with van der Waals surface area (Å²) in [6, 6.07) is 7.21. The van der Waals surface area contributed by atoms with Gasteiger partial charge in [0.05, 0.1) is 24.4 Å². The normalized spacial score (nSPS) is 14.5. The number of ether oxygens (including phenoxy) is 1.